The summed E-state index contributed by atoms with van der Waals surface area (Å²) in [5, 5.41) is 0. The zero-order chi connectivity index (χ0) is 10.1. The van der Waals surface area contributed by atoms with E-state index in [2.05, 4.69) is 6.58 Å². The SMILES string of the molecule is C=CC(N)C1OC(=O)c2ccccc21. The van der Waals surface area contributed by atoms with Gasteiger partial charge < -0.3 is 10.5 Å². The molecule has 0 spiro atoms. The van der Waals surface area contributed by atoms with Gasteiger partial charge >= 0.3 is 5.97 Å². The largest absolute Gasteiger partial charge is 0.452 e. The molecule has 14 heavy (non-hydrogen) atoms. The molecule has 0 amide bonds. The third kappa shape index (κ3) is 1.22. The summed E-state index contributed by atoms with van der Waals surface area (Å²) in [4.78, 5) is 11.4. The maximum absolute atomic E-state index is 11.4. The van der Waals surface area contributed by atoms with E-state index in [1.807, 2.05) is 18.2 Å². The molecule has 3 nitrogen and oxygen atoms in total. The zero-order valence-electron chi connectivity index (χ0n) is 7.64. The Morgan fingerprint density at radius 3 is 2.93 bits per heavy atom. The van der Waals surface area contributed by atoms with E-state index in [-0.39, 0.29) is 18.1 Å². The number of hydrogen-bond acceptors (Lipinski definition) is 3. The van der Waals surface area contributed by atoms with Gasteiger partial charge in [0.05, 0.1) is 11.6 Å². The summed E-state index contributed by atoms with van der Waals surface area (Å²) in [6.07, 6.45) is 1.20. The Morgan fingerprint density at radius 2 is 2.21 bits per heavy atom. The van der Waals surface area contributed by atoms with Crippen LogP contribution in [-0.2, 0) is 4.74 Å². The van der Waals surface area contributed by atoms with Gasteiger partial charge in [0.25, 0.3) is 0 Å². The molecule has 0 aliphatic carbocycles. The number of esters is 1. The molecule has 2 unspecified atom stereocenters. The molecule has 1 heterocycles. The number of ether oxygens (including phenoxy) is 1. The maximum Gasteiger partial charge on any atom is 0.339 e. The number of rotatable bonds is 2. The van der Waals surface area contributed by atoms with Crippen LogP contribution >= 0.6 is 0 Å². The number of carbonyl (C=O) groups is 1. The molecule has 1 aromatic rings. The van der Waals surface area contributed by atoms with Crippen LogP contribution in [0, 0.1) is 0 Å². The second-order valence-electron chi connectivity index (χ2n) is 3.23. The Kier molecular flexibility index (Phi) is 2.09. The predicted octanol–water partition coefficient (Wildman–Crippen LogP) is 1.41. The highest BCUT2D eigenvalue weighted by Crippen LogP contribution is 2.32. The average Bonchev–Trinajstić information content (AvgIpc) is 2.56. The summed E-state index contributed by atoms with van der Waals surface area (Å²) < 4.78 is 5.15. The minimum atomic E-state index is -0.379. The number of fused-ring (bicyclic) bond motifs is 1. The van der Waals surface area contributed by atoms with E-state index in [0.717, 1.165) is 5.56 Å². The van der Waals surface area contributed by atoms with Crippen molar-refractivity contribution < 1.29 is 9.53 Å². The van der Waals surface area contributed by atoms with Gasteiger partial charge in [-0.05, 0) is 6.07 Å². The van der Waals surface area contributed by atoms with Gasteiger partial charge in [0.2, 0.25) is 0 Å². The van der Waals surface area contributed by atoms with Crippen molar-refractivity contribution >= 4 is 5.97 Å². The highest BCUT2D eigenvalue weighted by molar-refractivity contribution is 5.94. The number of carbonyl (C=O) groups excluding carboxylic acids is 1. The third-order valence-electron chi connectivity index (χ3n) is 2.34. The van der Waals surface area contributed by atoms with Gasteiger partial charge in [-0.3, -0.25) is 0 Å². The first-order chi connectivity index (χ1) is 6.74. The monoisotopic (exact) mass is 189 g/mol. The summed E-state index contributed by atoms with van der Waals surface area (Å²) in [5.41, 5.74) is 7.22. The molecule has 0 fully saturated rings. The van der Waals surface area contributed by atoms with Crippen LogP contribution in [0.5, 0.6) is 0 Å². The molecule has 2 rings (SSSR count). The van der Waals surface area contributed by atoms with Crippen molar-refractivity contribution in [1.82, 2.24) is 0 Å². The van der Waals surface area contributed by atoms with Gasteiger partial charge in [0.1, 0.15) is 6.10 Å². The highest BCUT2D eigenvalue weighted by Gasteiger charge is 2.33. The van der Waals surface area contributed by atoms with Crippen LogP contribution in [0.15, 0.2) is 36.9 Å². The average molecular weight is 189 g/mol. The second-order valence-corrected chi connectivity index (χ2v) is 3.23. The van der Waals surface area contributed by atoms with E-state index in [9.17, 15) is 4.79 Å². The van der Waals surface area contributed by atoms with Crippen molar-refractivity contribution in [3.05, 3.63) is 48.0 Å². The van der Waals surface area contributed by atoms with Gasteiger partial charge in [0, 0.05) is 5.56 Å². The molecular formula is C11H11NO2. The fraction of sp³-hybridized carbons (Fsp3) is 0.182. The fourth-order valence-corrected chi connectivity index (χ4v) is 1.58. The standard InChI is InChI=1S/C11H11NO2/c1-2-9(12)10-7-5-3-4-6-8(7)11(13)14-10/h2-6,9-10H,1,12H2. The van der Waals surface area contributed by atoms with Gasteiger partial charge in [0.15, 0.2) is 0 Å². The molecule has 0 aromatic heterocycles. The third-order valence-corrected chi connectivity index (χ3v) is 2.34. The molecule has 72 valence electrons. The van der Waals surface area contributed by atoms with Crippen molar-refractivity contribution in [2.45, 2.75) is 12.1 Å². The van der Waals surface area contributed by atoms with Crippen LogP contribution in [-0.4, -0.2) is 12.0 Å². The Balaban J connectivity index is 2.43. The lowest BCUT2D eigenvalue weighted by Gasteiger charge is -2.14. The van der Waals surface area contributed by atoms with E-state index in [0.29, 0.717) is 5.56 Å². The minimum Gasteiger partial charge on any atom is -0.452 e. The summed E-state index contributed by atoms with van der Waals surface area (Å²) in [6.45, 7) is 3.59. The van der Waals surface area contributed by atoms with Crippen LogP contribution in [0.2, 0.25) is 0 Å². The maximum atomic E-state index is 11.4. The van der Waals surface area contributed by atoms with Gasteiger partial charge in [-0.2, -0.15) is 0 Å². The van der Waals surface area contributed by atoms with Gasteiger partial charge in [-0.15, -0.1) is 6.58 Å². The quantitative estimate of drug-likeness (QED) is 0.565. The minimum absolute atomic E-state index is 0.303. The van der Waals surface area contributed by atoms with Crippen molar-refractivity contribution in [3.63, 3.8) is 0 Å². The summed E-state index contributed by atoms with van der Waals surface area (Å²) in [7, 11) is 0. The molecule has 0 saturated heterocycles. The summed E-state index contributed by atoms with van der Waals surface area (Å²) in [5.74, 6) is -0.303. The number of cyclic esters (lactones) is 1. The topological polar surface area (TPSA) is 52.3 Å². The second kappa shape index (κ2) is 3.27. The van der Waals surface area contributed by atoms with E-state index in [4.69, 9.17) is 10.5 Å². The lowest BCUT2D eigenvalue weighted by molar-refractivity contribution is 0.0361. The van der Waals surface area contributed by atoms with Gasteiger partial charge in [-0.25, -0.2) is 4.79 Å². The Bertz CT molecular complexity index is 387. The Hall–Kier alpha value is -1.61. The smallest absolute Gasteiger partial charge is 0.339 e. The molecule has 2 atom stereocenters. The molecule has 1 aliphatic rings. The van der Waals surface area contributed by atoms with Crippen molar-refractivity contribution in [1.29, 1.82) is 0 Å². The first kappa shape index (κ1) is 8.97. The molecular weight excluding hydrogens is 178 g/mol. The highest BCUT2D eigenvalue weighted by atomic mass is 16.5. The van der Waals surface area contributed by atoms with Crippen LogP contribution in [0.4, 0.5) is 0 Å². The molecule has 0 bridgehead atoms. The fourth-order valence-electron chi connectivity index (χ4n) is 1.58. The molecule has 1 aromatic carbocycles. The molecule has 0 saturated carbocycles. The lowest BCUT2D eigenvalue weighted by atomic mass is 10.0. The van der Waals surface area contributed by atoms with E-state index in [1.165, 1.54) is 0 Å². The molecule has 1 aliphatic heterocycles. The molecule has 0 radical (unpaired) electrons. The Labute approximate surface area is 82.2 Å². The van der Waals surface area contributed by atoms with E-state index >= 15 is 0 Å². The van der Waals surface area contributed by atoms with Crippen LogP contribution in [0.25, 0.3) is 0 Å². The molecule has 2 N–H and O–H groups in total. The van der Waals surface area contributed by atoms with Crippen LogP contribution in [0.1, 0.15) is 22.0 Å². The van der Waals surface area contributed by atoms with Gasteiger partial charge in [-0.1, -0.05) is 24.3 Å². The van der Waals surface area contributed by atoms with Crippen molar-refractivity contribution in [2.75, 3.05) is 0 Å². The summed E-state index contributed by atoms with van der Waals surface area (Å²) in [6, 6.07) is 6.93. The first-order valence-electron chi connectivity index (χ1n) is 4.42. The predicted molar refractivity (Wildman–Crippen MR) is 52.8 cm³/mol. The zero-order valence-corrected chi connectivity index (χ0v) is 7.64. The normalized spacial score (nSPS) is 21.2. The lowest BCUT2D eigenvalue weighted by Crippen LogP contribution is -2.25. The van der Waals surface area contributed by atoms with Crippen molar-refractivity contribution in [3.8, 4) is 0 Å². The number of nitrogens with two attached hydrogens (primary N) is 1. The number of benzene rings is 1. The Morgan fingerprint density at radius 1 is 1.50 bits per heavy atom. The first-order valence-corrected chi connectivity index (χ1v) is 4.42. The molecule has 3 heteroatoms. The van der Waals surface area contributed by atoms with E-state index in [1.54, 1.807) is 12.1 Å². The van der Waals surface area contributed by atoms with E-state index < -0.39 is 0 Å². The summed E-state index contributed by atoms with van der Waals surface area (Å²) >= 11 is 0. The van der Waals surface area contributed by atoms with Crippen LogP contribution in [0.3, 0.4) is 0 Å². The number of hydrogen-bond donors (Lipinski definition) is 1. The van der Waals surface area contributed by atoms with Crippen LogP contribution < -0.4 is 5.73 Å². The van der Waals surface area contributed by atoms with Crippen molar-refractivity contribution in [2.24, 2.45) is 5.73 Å².